The molecule has 0 spiro atoms. The van der Waals surface area contributed by atoms with Gasteiger partial charge in [0, 0.05) is 23.6 Å². The molecule has 0 radical (unpaired) electrons. The van der Waals surface area contributed by atoms with Gasteiger partial charge >= 0.3 is 5.97 Å². The molecule has 1 heterocycles. The largest absolute Gasteiger partial charge is 0.496 e. The number of allylic oxidation sites excluding steroid dienone is 1. The van der Waals surface area contributed by atoms with E-state index in [1.165, 1.54) is 40.6 Å². The van der Waals surface area contributed by atoms with Crippen molar-refractivity contribution >= 4 is 46.8 Å². The fraction of sp³-hybridized carbons (Fsp3) is 0.280. The quantitative estimate of drug-likeness (QED) is 0.358. The van der Waals surface area contributed by atoms with Crippen LogP contribution in [-0.2, 0) is 19.1 Å². The van der Waals surface area contributed by atoms with Crippen molar-refractivity contribution in [3.8, 4) is 23.3 Å². The standard InChI is InChI=1S/C25H24ClN3O7S/c1-33-17-8-6-5-7-13(17)21-14(11-27)24(29-23(31)22(21)25(32)36-4)37-12-20(30)28-16-10-18(34-2)15(26)9-19(16)35-3/h5-10,21-22H,12H2,1-4H3,(H,28,30)(H,29,31)/t21-,22-/m0/s1. The molecule has 1 aliphatic rings. The summed E-state index contributed by atoms with van der Waals surface area (Å²) in [7, 11) is 5.49. The van der Waals surface area contributed by atoms with Crippen molar-refractivity contribution < 1.29 is 33.3 Å². The van der Waals surface area contributed by atoms with Gasteiger partial charge in [-0.1, -0.05) is 41.6 Å². The van der Waals surface area contributed by atoms with E-state index in [-0.39, 0.29) is 16.4 Å². The number of nitriles is 1. The van der Waals surface area contributed by atoms with Crippen LogP contribution < -0.4 is 24.8 Å². The van der Waals surface area contributed by atoms with Crippen LogP contribution in [-0.4, -0.2) is 52.0 Å². The van der Waals surface area contributed by atoms with E-state index in [0.717, 1.165) is 11.8 Å². The lowest BCUT2D eigenvalue weighted by atomic mass is 9.78. The van der Waals surface area contributed by atoms with Crippen molar-refractivity contribution in [3.05, 3.63) is 57.6 Å². The number of esters is 1. The van der Waals surface area contributed by atoms with E-state index in [9.17, 15) is 19.6 Å². The summed E-state index contributed by atoms with van der Waals surface area (Å²) in [6.45, 7) is 0. The fourth-order valence-electron chi connectivity index (χ4n) is 3.86. The molecule has 37 heavy (non-hydrogen) atoms. The topological polar surface area (TPSA) is 136 Å². The number of carbonyl (C=O) groups is 3. The molecule has 12 heteroatoms. The van der Waals surface area contributed by atoms with Crippen LogP contribution in [0.25, 0.3) is 0 Å². The molecule has 10 nitrogen and oxygen atoms in total. The van der Waals surface area contributed by atoms with Crippen LogP contribution in [0, 0.1) is 17.2 Å². The summed E-state index contributed by atoms with van der Waals surface area (Å²) in [5.41, 5.74) is 0.893. The predicted octanol–water partition coefficient (Wildman–Crippen LogP) is 3.48. The Kier molecular flexibility index (Phi) is 9.27. The number of hydrogen-bond donors (Lipinski definition) is 2. The molecule has 2 amide bonds. The molecule has 1 aliphatic heterocycles. The molecule has 2 aromatic carbocycles. The zero-order chi connectivity index (χ0) is 27.1. The number of rotatable bonds is 9. The normalized spacial score (nSPS) is 16.8. The molecule has 2 N–H and O–H groups in total. The van der Waals surface area contributed by atoms with Gasteiger partial charge in [0.15, 0.2) is 0 Å². The number of para-hydroxylation sites is 1. The summed E-state index contributed by atoms with van der Waals surface area (Å²) in [6, 6.07) is 11.9. The van der Waals surface area contributed by atoms with E-state index < -0.39 is 29.6 Å². The Balaban J connectivity index is 1.93. The van der Waals surface area contributed by atoms with Gasteiger partial charge in [-0.3, -0.25) is 14.4 Å². The Hall–Kier alpha value is -3.88. The lowest BCUT2D eigenvalue weighted by Gasteiger charge is -2.31. The average Bonchev–Trinajstić information content (AvgIpc) is 2.91. The first kappa shape index (κ1) is 27.7. The van der Waals surface area contributed by atoms with Crippen LogP contribution >= 0.6 is 23.4 Å². The summed E-state index contributed by atoms with van der Waals surface area (Å²) in [6.07, 6.45) is 0. The van der Waals surface area contributed by atoms with Gasteiger partial charge in [-0.2, -0.15) is 5.26 Å². The molecule has 0 saturated heterocycles. The number of thioether (sulfide) groups is 1. The smallest absolute Gasteiger partial charge is 0.319 e. The fourth-order valence-corrected chi connectivity index (χ4v) is 4.94. The van der Waals surface area contributed by atoms with E-state index in [0.29, 0.717) is 33.5 Å². The van der Waals surface area contributed by atoms with Crippen molar-refractivity contribution in [1.29, 1.82) is 5.26 Å². The maximum Gasteiger partial charge on any atom is 0.319 e. The highest BCUT2D eigenvalue weighted by molar-refractivity contribution is 8.03. The Labute approximate surface area is 222 Å². The highest BCUT2D eigenvalue weighted by Crippen LogP contribution is 2.43. The van der Waals surface area contributed by atoms with E-state index in [2.05, 4.69) is 16.7 Å². The minimum atomic E-state index is -1.32. The Bertz CT molecular complexity index is 1290. The van der Waals surface area contributed by atoms with Gasteiger partial charge in [0.2, 0.25) is 11.8 Å². The predicted molar refractivity (Wildman–Crippen MR) is 138 cm³/mol. The number of amides is 2. The van der Waals surface area contributed by atoms with Crippen LogP contribution in [0.2, 0.25) is 5.02 Å². The Morgan fingerprint density at radius 2 is 1.76 bits per heavy atom. The molecular weight excluding hydrogens is 522 g/mol. The monoisotopic (exact) mass is 545 g/mol. The van der Waals surface area contributed by atoms with Crippen LogP contribution in [0.4, 0.5) is 5.69 Å². The lowest BCUT2D eigenvalue weighted by Crippen LogP contribution is -2.44. The summed E-state index contributed by atoms with van der Waals surface area (Å²) in [5, 5.41) is 15.8. The second kappa shape index (κ2) is 12.4. The molecule has 0 unspecified atom stereocenters. The first-order chi connectivity index (χ1) is 17.8. The Morgan fingerprint density at radius 1 is 1.08 bits per heavy atom. The van der Waals surface area contributed by atoms with E-state index in [1.807, 2.05) is 0 Å². The number of halogens is 1. The first-order valence-corrected chi connectivity index (χ1v) is 12.2. The van der Waals surface area contributed by atoms with Gasteiger partial charge in [0.1, 0.15) is 23.2 Å². The zero-order valence-corrected chi connectivity index (χ0v) is 22.0. The maximum atomic E-state index is 13.0. The molecular formula is C25H24ClN3O7S. The number of ether oxygens (including phenoxy) is 4. The van der Waals surface area contributed by atoms with Gasteiger partial charge in [-0.25, -0.2) is 0 Å². The first-order valence-electron chi connectivity index (χ1n) is 10.8. The van der Waals surface area contributed by atoms with Gasteiger partial charge in [0.05, 0.1) is 61.6 Å². The molecule has 0 fully saturated rings. The summed E-state index contributed by atoms with van der Waals surface area (Å²) >= 11 is 7.06. The third-order valence-electron chi connectivity index (χ3n) is 5.55. The summed E-state index contributed by atoms with van der Waals surface area (Å²) in [5.74, 6) is -3.31. The molecule has 0 saturated carbocycles. The van der Waals surface area contributed by atoms with Gasteiger partial charge < -0.3 is 29.6 Å². The van der Waals surface area contributed by atoms with Crippen molar-refractivity contribution in [2.24, 2.45) is 5.92 Å². The van der Waals surface area contributed by atoms with Crippen LogP contribution in [0.15, 0.2) is 47.0 Å². The van der Waals surface area contributed by atoms with Crippen molar-refractivity contribution in [1.82, 2.24) is 5.32 Å². The zero-order valence-electron chi connectivity index (χ0n) is 20.4. The Morgan fingerprint density at radius 3 is 2.38 bits per heavy atom. The number of carbonyl (C=O) groups excluding carboxylic acids is 3. The minimum Gasteiger partial charge on any atom is -0.496 e. The lowest BCUT2D eigenvalue weighted by molar-refractivity contribution is -0.150. The molecule has 2 aromatic rings. The third kappa shape index (κ3) is 5.93. The third-order valence-corrected chi connectivity index (χ3v) is 6.87. The highest BCUT2D eigenvalue weighted by Gasteiger charge is 2.45. The average molecular weight is 546 g/mol. The van der Waals surface area contributed by atoms with Crippen LogP contribution in [0.3, 0.4) is 0 Å². The van der Waals surface area contributed by atoms with Crippen LogP contribution in [0.1, 0.15) is 11.5 Å². The second-order valence-electron chi connectivity index (χ2n) is 7.59. The minimum absolute atomic E-state index is 0.100. The summed E-state index contributed by atoms with van der Waals surface area (Å²) in [4.78, 5) is 38.4. The molecule has 2 atom stereocenters. The van der Waals surface area contributed by atoms with E-state index in [1.54, 1.807) is 24.3 Å². The SMILES string of the molecule is COC(=O)[C@@H]1C(=O)NC(SCC(=O)Nc2cc(OC)c(Cl)cc2OC)=C(C#N)[C@@H]1c1ccccc1OC. The van der Waals surface area contributed by atoms with Crippen LogP contribution in [0.5, 0.6) is 17.2 Å². The number of nitrogens with one attached hydrogen (secondary N) is 2. The number of benzene rings is 2. The highest BCUT2D eigenvalue weighted by atomic mass is 35.5. The number of methoxy groups -OCH3 is 4. The van der Waals surface area contributed by atoms with E-state index >= 15 is 0 Å². The van der Waals surface area contributed by atoms with Gasteiger partial charge in [-0.05, 0) is 6.07 Å². The number of nitrogens with zero attached hydrogens (tertiary/aromatic N) is 1. The molecule has 3 rings (SSSR count). The summed E-state index contributed by atoms with van der Waals surface area (Å²) < 4.78 is 20.7. The van der Waals surface area contributed by atoms with Gasteiger partial charge in [-0.15, -0.1) is 0 Å². The van der Waals surface area contributed by atoms with E-state index in [4.69, 9.17) is 30.5 Å². The van der Waals surface area contributed by atoms with Crippen molar-refractivity contribution in [2.45, 2.75) is 5.92 Å². The molecule has 0 aliphatic carbocycles. The van der Waals surface area contributed by atoms with Gasteiger partial charge in [0.25, 0.3) is 0 Å². The number of hydrogen-bond acceptors (Lipinski definition) is 9. The number of anilines is 1. The maximum absolute atomic E-state index is 13.0. The van der Waals surface area contributed by atoms with Crippen molar-refractivity contribution in [3.63, 3.8) is 0 Å². The molecule has 194 valence electrons. The molecule has 0 bridgehead atoms. The second-order valence-corrected chi connectivity index (χ2v) is 8.98. The van der Waals surface area contributed by atoms with Crippen molar-refractivity contribution in [2.75, 3.05) is 39.5 Å². The molecule has 0 aromatic heterocycles.